The molecule has 2 aromatic rings. The van der Waals surface area contributed by atoms with Crippen LogP contribution in [0.5, 0.6) is 0 Å². The maximum Gasteiger partial charge on any atom is 0.175 e. The number of rotatable bonds is 6. The summed E-state index contributed by atoms with van der Waals surface area (Å²) in [6.07, 6.45) is 2.29. The van der Waals surface area contributed by atoms with Gasteiger partial charge in [-0.25, -0.2) is 8.42 Å². The fraction of sp³-hybridized carbons (Fsp3) is 0.333. The van der Waals surface area contributed by atoms with Crippen LogP contribution in [-0.4, -0.2) is 21.2 Å². The quantitative estimate of drug-likeness (QED) is 0.891. The van der Waals surface area contributed by atoms with E-state index < -0.39 is 9.84 Å². The van der Waals surface area contributed by atoms with Crippen LogP contribution in [0.4, 0.5) is 0 Å². The largest absolute Gasteiger partial charge is 0.306 e. The van der Waals surface area contributed by atoms with Crippen molar-refractivity contribution in [2.75, 3.05) is 12.8 Å². The molecule has 1 aromatic carbocycles. The first kappa shape index (κ1) is 15.2. The minimum atomic E-state index is -3.13. The van der Waals surface area contributed by atoms with Crippen LogP contribution < -0.4 is 5.32 Å². The summed E-state index contributed by atoms with van der Waals surface area (Å²) in [6.45, 7) is 3.05. The monoisotopic (exact) mass is 309 g/mol. The van der Waals surface area contributed by atoms with Gasteiger partial charge in [0.2, 0.25) is 0 Å². The Hall–Kier alpha value is -1.17. The molecule has 0 saturated carbocycles. The van der Waals surface area contributed by atoms with E-state index in [1.165, 1.54) is 11.8 Å². The second-order valence-electron chi connectivity index (χ2n) is 4.79. The Balaban J connectivity index is 2.30. The third-order valence-corrected chi connectivity index (χ3v) is 4.95. The van der Waals surface area contributed by atoms with Gasteiger partial charge in [0.05, 0.1) is 10.9 Å². The predicted molar refractivity (Wildman–Crippen MR) is 84.0 cm³/mol. The third-order valence-electron chi connectivity index (χ3n) is 3.12. The van der Waals surface area contributed by atoms with E-state index in [0.29, 0.717) is 4.90 Å². The van der Waals surface area contributed by atoms with Gasteiger partial charge in [0.1, 0.15) is 0 Å². The van der Waals surface area contributed by atoms with Crippen molar-refractivity contribution in [3.63, 3.8) is 0 Å². The molecule has 1 unspecified atom stereocenters. The van der Waals surface area contributed by atoms with Crippen LogP contribution in [0.3, 0.4) is 0 Å². The summed E-state index contributed by atoms with van der Waals surface area (Å²) in [7, 11) is -3.13. The number of nitrogens with one attached hydrogen (secondary N) is 1. The Labute approximate surface area is 124 Å². The molecule has 108 valence electrons. The summed E-state index contributed by atoms with van der Waals surface area (Å²) in [5.41, 5.74) is 2.31. The normalized spacial score (nSPS) is 13.3. The lowest BCUT2D eigenvalue weighted by atomic mass is 10.0. The predicted octanol–water partition coefficient (Wildman–Crippen LogP) is 3.24. The van der Waals surface area contributed by atoms with Crippen LogP contribution in [0.2, 0.25) is 0 Å². The van der Waals surface area contributed by atoms with Crippen LogP contribution >= 0.6 is 11.3 Å². The SMILES string of the molecule is CCCNC(c1ccc(S(C)(=O)=O)cc1)c1ccsc1. The molecule has 3 nitrogen and oxygen atoms in total. The van der Waals surface area contributed by atoms with Crippen LogP contribution in [0.15, 0.2) is 46.0 Å². The number of benzene rings is 1. The van der Waals surface area contributed by atoms with Crippen molar-refractivity contribution in [3.05, 3.63) is 52.2 Å². The van der Waals surface area contributed by atoms with Gasteiger partial charge in [-0.2, -0.15) is 11.3 Å². The van der Waals surface area contributed by atoms with Gasteiger partial charge >= 0.3 is 0 Å². The molecule has 0 saturated heterocycles. The summed E-state index contributed by atoms with van der Waals surface area (Å²) in [5, 5.41) is 7.68. The van der Waals surface area contributed by atoms with Crippen molar-refractivity contribution in [1.29, 1.82) is 0 Å². The fourth-order valence-electron chi connectivity index (χ4n) is 2.06. The van der Waals surface area contributed by atoms with Crippen LogP contribution in [0, 0.1) is 0 Å². The standard InChI is InChI=1S/C15H19NO2S2/c1-3-9-16-15(13-8-10-19-11-13)12-4-6-14(7-5-12)20(2,17)18/h4-8,10-11,15-16H,3,9H2,1-2H3. The van der Waals surface area contributed by atoms with Gasteiger partial charge in [-0.05, 0) is 53.1 Å². The number of hydrogen-bond donors (Lipinski definition) is 1. The summed E-state index contributed by atoms with van der Waals surface area (Å²) < 4.78 is 23.0. The highest BCUT2D eigenvalue weighted by Gasteiger charge is 2.15. The second kappa shape index (κ2) is 6.52. The third kappa shape index (κ3) is 3.69. The van der Waals surface area contributed by atoms with Gasteiger partial charge in [0.15, 0.2) is 9.84 Å². The Bertz CT molecular complexity index is 631. The lowest BCUT2D eigenvalue weighted by molar-refractivity contribution is 0.597. The molecule has 1 N–H and O–H groups in total. The van der Waals surface area contributed by atoms with E-state index in [4.69, 9.17) is 0 Å². The molecule has 0 spiro atoms. The first-order chi connectivity index (χ1) is 9.52. The second-order valence-corrected chi connectivity index (χ2v) is 7.58. The van der Waals surface area contributed by atoms with Crippen LogP contribution in [0.25, 0.3) is 0 Å². The molecule has 1 aromatic heterocycles. The van der Waals surface area contributed by atoms with Crippen molar-refractivity contribution in [3.8, 4) is 0 Å². The fourth-order valence-corrected chi connectivity index (χ4v) is 3.38. The highest BCUT2D eigenvalue weighted by Crippen LogP contribution is 2.25. The lowest BCUT2D eigenvalue weighted by Gasteiger charge is -2.18. The smallest absolute Gasteiger partial charge is 0.175 e. The van der Waals surface area contributed by atoms with Crippen molar-refractivity contribution in [2.24, 2.45) is 0 Å². The van der Waals surface area contributed by atoms with E-state index in [-0.39, 0.29) is 6.04 Å². The number of sulfone groups is 1. The minimum absolute atomic E-state index is 0.120. The molecule has 0 aliphatic carbocycles. The van der Waals surface area contributed by atoms with Gasteiger partial charge in [0, 0.05) is 6.26 Å². The summed E-state index contributed by atoms with van der Waals surface area (Å²) >= 11 is 1.67. The zero-order chi connectivity index (χ0) is 14.6. The molecule has 0 bridgehead atoms. The Morgan fingerprint density at radius 3 is 2.35 bits per heavy atom. The molecule has 0 fully saturated rings. The average Bonchev–Trinajstić information content (AvgIpc) is 2.93. The molecule has 1 atom stereocenters. The van der Waals surface area contributed by atoms with Crippen molar-refractivity contribution in [2.45, 2.75) is 24.3 Å². The van der Waals surface area contributed by atoms with E-state index >= 15 is 0 Å². The van der Waals surface area contributed by atoms with Gasteiger partial charge in [-0.15, -0.1) is 0 Å². The molecule has 0 aliphatic heterocycles. The van der Waals surface area contributed by atoms with Gasteiger partial charge in [-0.1, -0.05) is 19.1 Å². The van der Waals surface area contributed by atoms with Crippen LogP contribution in [-0.2, 0) is 9.84 Å². The Morgan fingerprint density at radius 2 is 1.85 bits per heavy atom. The molecule has 1 heterocycles. The van der Waals surface area contributed by atoms with Gasteiger partial charge in [-0.3, -0.25) is 0 Å². The van der Waals surface area contributed by atoms with Gasteiger partial charge < -0.3 is 5.32 Å². The number of thiophene rings is 1. The zero-order valence-corrected chi connectivity index (χ0v) is 13.3. The van der Waals surface area contributed by atoms with E-state index in [1.54, 1.807) is 23.5 Å². The van der Waals surface area contributed by atoms with Crippen molar-refractivity contribution in [1.82, 2.24) is 5.32 Å². The summed E-state index contributed by atoms with van der Waals surface area (Å²) in [6, 6.07) is 9.36. The van der Waals surface area contributed by atoms with Crippen LogP contribution in [0.1, 0.15) is 30.5 Å². The average molecular weight is 309 g/mol. The van der Waals surface area contributed by atoms with Crippen molar-refractivity contribution < 1.29 is 8.42 Å². The molecule has 20 heavy (non-hydrogen) atoms. The first-order valence-electron chi connectivity index (χ1n) is 6.58. The topological polar surface area (TPSA) is 46.2 Å². The molecular formula is C15H19NO2S2. The molecular weight excluding hydrogens is 290 g/mol. The van der Waals surface area contributed by atoms with E-state index in [1.807, 2.05) is 12.1 Å². The Kier molecular flexibility index (Phi) is 4.96. The number of hydrogen-bond acceptors (Lipinski definition) is 4. The molecule has 0 aliphatic rings. The van der Waals surface area contributed by atoms with Gasteiger partial charge in [0.25, 0.3) is 0 Å². The zero-order valence-electron chi connectivity index (χ0n) is 11.7. The Morgan fingerprint density at radius 1 is 1.15 bits per heavy atom. The molecule has 5 heteroatoms. The highest BCUT2D eigenvalue weighted by molar-refractivity contribution is 7.90. The summed E-state index contributed by atoms with van der Waals surface area (Å²) in [5.74, 6) is 0. The van der Waals surface area contributed by atoms with Crippen molar-refractivity contribution >= 4 is 21.2 Å². The molecule has 0 amide bonds. The molecule has 0 radical (unpaired) electrons. The molecule has 2 rings (SSSR count). The minimum Gasteiger partial charge on any atom is -0.306 e. The highest BCUT2D eigenvalue weighted by atomic mass is 32.2. The van der Waals surface area contributed by atoms with E-state index in [0.717, 1.165) is 18.5 Å². The lowest BCUT2D eigenvalue weighted by Crippen LogP contribution is -2.22. The maximum absolute atomic E-state index is 11.5. The van der Waals surface area contributed by atoms with E-state index in [9.17, 15) is 8.42 Å². The maximum atomic E-state index is 11.5. The first-order valence-corrected chi connectivity index (χ1v) is 9.41. The van der Waals surface area contributed by atoms with E-state index in [2.05, 4.69) is 29.1 Å². The summed E-state index contributed by atoms with van der Waals surface area (Å²) in [4.78, 5) is 0.362.